The molecule has 0 aliphatic carbocycles. The summed E-state index contributed by atoms with van der Waals surface area (Å²) in [6.45, 7) is 1.48. The second-order valence-electron chi connectivity index (χ2n) is 7.52. The van der Waals surface area contributed by atoms with Crippen LogP contribution >= 0.6 is 11.8 Å². The summed E-state index contributed by atoms with van der Waals surface area (Å²) in [7, 11) is 0. The van der Waals surface area contributed by atoms with Crippen molar-refractivity contribution in [3.8, 4) is 0 Å². The topological polar surface area (TPSA) is 136 Å². The van der Waals surface area contributed by atoms with Crippen molar-refractivity contribution in [2.45, 2.75) is 37.9 Å². The third-order valence-electron chi connectivity index (χ3n) is 5.42. The lowest BCUT2D eigenvalue weighted by atomic mass is 9.83. The van der Waals surface area contributed by atoms with Crippen LogP contribution in [0.25, 0.3) is 0 Å². The van der Waals surface area contributed by atoms with Crippen molar-refractivity contribution < 1.29 is 24.4 Å². The van der Waals surface area contributed by atoms with E-state index >= 15 is 0 Å². The largest absolute Gasteiger partial charge is 0.456 e. The van der Waals surface area contributed by atoms with Gasteiger partial charge in [-0.25, -0.2) is 4.79 Å². The molecule has 0 bridgehead atoms. The van der Waals surface area contributed by atoms with E-state index < -0.39 is 22.9 Å². The van der Waals surface area contributed by atoms with Crippen LogP contribution in [-0.2, 0) is 26.7 Å². The molecule has 1 saturated heterocycles. The van der Waals surface area contributed by atoms with Crippen LogP contribution in [0.5, 0.6) is 0 Å². The highest BCUT2D eigenvalue weighted by atomic mass is 32.2. The van der Waals surface area contributed by atoms with Crippen LogP contribution in [0.3, 0.4) is 0 Å². The Balaban J connectivity index is 1.50. The van der Waals surface area contributed by atoms with Gasteiger partial charge in [0.25, 0.3) is 5.69 Å². The van der Waals surface area contributed by atoms with Gasteiger partial charge in [-0.15, -0.1) is 11.8 Å². The number of hydrogen-bond acceptors (Lipinski definition) is 9. The molecule has 1 N–H and O–H groups in total. The molecular weight excluding hydrogens is 436 g/mol. The molecule has 1 fully saturated rings. The molecule has 0 radical (unpaired) electrons. The van der Waals surface area contributed by atoms with Gasteiger partial charge in [-0.05, 0) is 36.8 Å². The lowest BCUT2D eigenvalue weighted by Gasteiger charge is -2.44. The van der Waals surface area contributed by atoms with Gasteiger partial charge in [0, 0.05) is 35.4 Å². The number of benzene rings is 1. The monoisotopic (exact) mass is 456 g/mol. The predicted octanol–water partition coefficient (Wildman–Crippen LogP) is 2.18. The number of carbonyl (C=O) groups is 2. The first kappa shape index (κ1) is 21.9. The van der Waals surface area contributed by atoms with Crippen LogP contribution < -0.4 is 0 Å². The molecule has 2 aromatic rings. The molecular formula is C21H20N4O6S. The number of nitrogens with zero attached hydrogens (tertiary/aromatic N) is 4. The number of fused-ring (bicyclic) bond motifs is 1. The van der Waals surface area contributed by atoms with E-state index in [-0.39, 0.29) is 29.9 Å². The molecule has 2 aliphatic rings. The van der Waals surface area contributed by atoms with Gasteiger partial charge in [-0.3, -0.25) is 14.9 Å². The Bertz CT molecular complexity index is 1070. The Morgan fingerprint density at radius 3 is 2.75 bits per heavy atom. The van der Waals surface area contributed by atoms with E-state index in [1.165, 1.54) is 40.9 Å². The fourth-order valence-electron chi connectivity index (χ4n) is 3.85. The van der Waals surface area contributed by atoms with Crippen molar-refractivity contribution in [3.63, 3.8) is 0 Å². The third-order valence-corrected chi connectivity index (χ3v) is 6.57. The Kier molecular flexibility index (Phi) is 6.19. The number of ether oxygens (including phenoxy) is 1. The van der Waals surface area contributed by atoms with E-state index in [1.807, 2.05) is 6.07 Å². The number of non-ortho nitro benzene ring substituents is 1. The maximum absolute atomic E-state index is 12.9. The first-order chi connectivity index (χ1) is 15.4. The fraction of sp³-hybridized carbons (Fsp3) is 0.333. The normalized spacial score (nSPS) is 20.6. The molecule has 1 aromatic heterocycles. The second kappa shape index (κ2) is 9.05. The Morgan fingerprint density at radius 1 is 1.38 bits per heavy atom. The van der Waals surface area contributed by atoms with Crippen molar-refractivity contribution in [1.29, 1.82) is 0 Å². The second-order valence-corrected chi connectivity index (χ2v) is 8.59. The quantitative estimate of drug-likeness (QED) is 0.274. The van der Waals surface area contributed by atoms with Crippen LogP contribution in [0.1, 0.15) is 24.6 Å². The number of esters is 1. The zero-order valence-corrected chi connectivity index (χ0v) is 17.9. The summed E-state index contributed by atoms with van der Waals surface area (Å²) >= 11 is 1.39. The highest BCUT2D eigenvalue weighted by Crippen LogP contribution is 2.47. The SMILES string of the molecule is C[C@@H](O)[C@H]1C(=O)N2C(C(=O)OCc3ccc([N+](=O)[O-])cc3)=C(SCc3cccnn3)C[C@H]12. The lowest BCUT2D eigenvalue weighted by molar-refractivity contribution is -0.384. The Hall–Kier alpha value is -3.31. The number of β-lactam (4-membered cyclic amide) rings is 1. The molecule has 10 nitrogen and oxygen atoms in total. The first-order valence-electron chi connectivity index (χ1n) is 9.91. The van der Waals surface area contributed by atoms with E-state index in [0.29, 0.717) is 22.6 Å². The number of aliphatic hydroxyl groups excluding tert-OH is 1. The van der Waals surface area contributed by atoms with Gasteiger partial charge in [0.15, 0.2) is 0 Å². The molecule has 0 unspecified atom stereocenters. The number of amides is 1. The maximum atomic E-state index is 12.9. The third kappa shape index (κ3) is 4.21. The highest BCUT2D eigenvalue weighted by Gasteiger charge is 2.57. The molecule has 0 saturated carbocycles. The number of aromatic nitrogens is 2. The van der Waals surface area contributed by atoms with Crippen molar-refractivity contribution in [1.82, 2.24) is 15.1 Å². The van der Waals surface area contributed by atoms with Crippen LogP contribution in [0, 0.1) is 16.0 Å². The predicted molar refractivity (Wildman–Crippen MR) is 114 cm³/mol. The molecule has 0 spiro atoms. The number of carbonyl (C=O) groups excluding carboxylic acids is 2. The van der Waals surface area contributed by atoms with Crippen molar-refractivity contribution in [2.75, 3.05) is 0 Å². The van der Waals surface area contributed by atoms with Gasteiger partial charge in [0.2, 0.25) is 5.91 Å². The van der Waals surface area contributed by atoms with Gasteiger partial charge in [0.1, 0.15) is 12.3 Å². The average Bonchev–Trinajstić information content (AvgIpc) is 3.10. The summed E-state index contributed by atoms with van der Waals surface area (Å²) in [6, 6.07) is 9.00. The number of nitro groups is 1. The molecule has 1 aromatic carbocycles. The standard InChI is InChI=1S/C21H20N4O6S/c1-12(26)18-16-9-17(32-11-14-3-2-8-22-23-14)19(24(16)20(18)27)21(28)31-10-13-4-6-15(7-5-13)25(29)30/h2-8,12,16,18,26H,9-11H2,1H3/t12-,16-,18-/m1/s1. The molecule has 3 atom stereocenters. The van der Waals surface area contributed by atoms with E-state index in [4.69, 9.17) is 4.74 Å². The minimum Gasteiger partial charge on any atom is -0.456 e. The summed E-state index contributed by atoms with van der Waals surface area (Å²) in [5.41, 5.74) is 1.45. The summed E-state index contributed by atoms with van der Waals surface area (Å²) in [5, 5.41) is 28.6. The summed E-state index contributed by atoms with van der Waals surface area (Å²) < 4.78 is 5.43. The van der Waals surface area contributed by atoms with E-state index in [1.54, 1.807) is 19.2 Å². The molecule has 11 heteroatoms. The molecule has 2 aliphatic heterocycles. The van der Waals surface area contributed by atoms with Crippen LogP contribution in [0.15, 0.2) is 53.2 Å². The van der Waals surface area contributed by atoms with Gasteiger partial charge in [0.05, 0.1) is 28.7 Å². The van der Waals surface area contributed by atoms with Crippen LogP contribution in [0.2, 0.25) is 0 Å². The average molecular weight is 456 g/mol. The summed E-state index contributed by atoms with van der Waals surface area (Å²) in [4.78, 5) is 37.9. The van der Waals surface area contributed by atoms with E-state index in [2.05, 4.69) is 10.2 Å². The number of aliphatic hydroxyl groups is 1. The Labute approximate surface area is 187 Å². The van der Waals surface area contributed by atoms with Gasteiger partial charge < -0.3 is 14.7 Å². The molecule has 166 valence electrons. The number of hydrogen-bond donors (Lipinski definition) is 1. The van der Waals surface area contributed by atoms with Gasteiger partial charge in [-0.2, -0.15) is 10.2 Å². The van der Waals surface area contributed by atoms with E-state index in [0.717, 1.165) is 5.69 Å². The van der Waals surface area contributed by atoms with E-state index in [9.17, 15) is 24.8 Å². The first-order valence-corrected chi connectivity index (χ1v) is 10.9. The van der Waals surface area contributed by atoms with Crippen LogP contribution in [0.4, 0.5) is 5.69 Å². The van der Waals surface area contributed by atoms with Crippen molar-refractivity contribution >= 4 is 29.3 Å². The smallest absolute Gasteiger partial charge is 0.356 e. The molecule has 1 amide bonds. The Morgan fingerprint density at radius 2 is 2.12 bits per heavy atom. The number of nitro benzene ring substituents is 1. The number of rotatable bonds is 8. The summed E-state index contributed by atoms with van der Waals surface area (Å²) in [6.07, 6.45) is 1.21. The van der Waals surface area contributed by atoms with Crippen LogP contribution in [-0.4, -0.2) is 49.1 Å². The summed E-state index contributed by atoms with van der Waals surface area (Å²) in [5.74, 6) is -1.04. The number of thioether (sulfide) groups is 1. The zero-order chi connectivity index (χ0) is 22.8. The van der Waals surface area contributed by atoms with Gasteiger partial charge >= 0.3 is 5.97 Å². The molecule has 32 heavy (non-hydrogen) atoms. The minimum absolute atomic E-state index is 0.0561. The fourth-order valence-corrected chi connectivity index (χ4v) is 4.94. The van der Waals surface area contributed by atoms with Gasteiger partial charge in [-0.1, -0.05) is 0 Å². The minimum atomic E-state index is -0.814. The zero-order valence-electron chi connectivity index (χ0n) is 17.1. The molecule has 4 rings (SSSR count). The lowest BCUT2D eigenvalue weighted by Crippen LogP contribution is -2.61. The highest BCUT2D eigenvalue weighted by molar-refractivity contribution is 8.02. The maximum Gasteiger partial charge on any atom is 0.356 e. The molecule has 3 heterocycles. The van der Waals surface area contributed by atoms with Crippen molar-refractivity contribution in [3.05, 3.63) is 74.6 Å². The van der Waals surface area contributed by atoms with Crippen molar-refractivity contribution in [2.24, 2.45) is 5.92 Å².